The van der Waals surface area contributed by atoms with Gasteiger partial charge in [0.2, 0.25) is 5.91 Å². The first-order chi connectivity index (χ1) is 8.46. The number of hydrogen-bond donors (Lipinski definition) is 4. The van der Waals surface area contributed by atoms with Crippen LogP contribution in [0.25, 0.3) is 0 Å². The maximum Gasteiger partial charge on any atom is 0.329 e. The van der Waals surface area contributed by atoms with E-state index in [0.717, 1.165) is 6.42 Å². The Labute approximate surface area is 104 Å². The molecule has 0 radical (unpaired) electrons. The summed E-state index contributed by atoms with van der Waals surface area (Å²) in [7, 11) is 0. The quantitative estimate of drug-likeness (QED) is 0.426. The third kappa shape index (κ3) is 3.88. The van der Waals surface area contributed by atoms with Crippen molar-refractivity contribution in [3.05, 3.63) is 0 Å². The summed E-state index contributed by atoms with van der Waals surface area (Å²) < 4.78 is 4.83. The Morgan fingerprint density at radius 1 is 1.33 bits per heavy atom. The average Bonchev–Trinajstić information content (AvgIpc) is 2.22. The van der Waals surface area contributed by atoms with Gasteiger partial charge >= 0.3 is 12.0 Å². The Morgan fingerprint density at radius 3 is 2.44 bits per heavy atom. The smallest absolute Gasteiger partial charge is 0.329 e. The van der Waals surface area contributed by atoms with Gasteiger partial charge in [-0.05, 0) is 19.3 Å². The molecule has 0 aliphatic heterocycles. The Balaban J connectivity index is 2.17. The number of carbonyl (C=O) groups is 3. The number of ether oxygens (including phenoxy) is 1. The van der Waals surface area contributed by atoms with Crippen molar-refractivity contribution in [1.29, 1.82) is 0 Å². The Hall–Kier alpha value is -1.83. The largest absolute Gasteiger partial charge is 0.480 e. The first-order valence-electron chi connectivity index (χ1n) is 5.62. The Kier molecular flexibility index (Phi) is 4.90. The normalized spacial score (nSPS) is 16.4. The second kappa shape index (κ2) is 6.20. The molecule has 0 aromatic carbocycles. The monoisotopic (exact) mass is 259 g/mol. The van der Waals surface area contributed by atoms with Gasteiger partial charge in [-0.3, -0.25) is 4.79 Å². The maximum absolute atomic E-state index is 11.4. The SMILES string of the molecule is NC(=O)COCCNC(=O)NC1(C(=O)O)CCC1. The van der Waals surface area contributed by atoms with E-state index in [-0.39, 0.29) is 19.8 Å². The van der Waals surface area contributed by atoms with Crippen LogP contribution in [0.4, 0.5) is 4.79 Å². The van der Waals surface area contributed by atoms with Crippen LogP contribution in [0.1, 0.15) is 19.3 Å². The predicted octanol–water partition coefficient (Wildman–Crippen LogP) is -1.21. The van der Waals surface area contributed by atoms with Crippen molar-refractivity contribution in [2.24, 2.45) is 5.73 Å². The number of carboxylic acids is 1. The van der Waals surface area contributed by atoms with Gasteiger partial charge < -0.3 is 26.2 Å². The number of hydrogen-bond acceptors (Lipinski definition) is 4. The molecule has 0 aromatic heterocycles. The van der Waals surface area contributed by atoms with E-state index in [0.29, 0.717) is 12.8 Å². The Bertz CT molecular complexity index is 340. The zero-order chi connectivity index (χ0) is 13.6. The van der Waals surface area contributed by atoms with E-state index in [9.17, 15) is 14.4 Å². The summed E-state index contributed by atoms with van der Waals surface area (Å²) in [5.41, 5.74) is 3.72. The molecular weight excluding hydrogens is 242 g/mol. The molecule has 5 N–H and O–H groups in total. The van der Waals surface area contributed by atoms with Crippen LogP contribution < -0.4 is 16.4 Å². The second-order valence-electron chi connectivity index (χ2n) is 4.14. The molecule has 1 aliphatic carbocycles. The van der Waals surface area contributed by atoms with Gasteiger partial charge in [-0.1, -0.05) is 0 Å². The molecule has 1 rings (SSSR count). The molecule has 0 bridgehead atoms. The van der Waals surface area contributed by atoms with E-state index in [1.165, 1.54) is 0 Å². The van der Waals surface area contributed by atoms with Crippen molar-refractivity contribution in [3.63, 3.8) is 0 Å². The lowest BCUT2D eigenvalue weighted by Gasteiger charge is -2.38. The lowest BCUT2D eigenvalue weighted by molar-refractivity contribution is -0.148. The molecule has 8 heteroatoms. The average molecular weight is 259 g/mol. The first-order valence-corrected chi connectivity index (χ1v) is 5.62. The summed E-state index contributed by atoms with van der Waals surface area (Å²) in [6.45, 7) is 0.105. The van der Waals surface area contributed by atoms with Crippen LogP contribution in [0.3, 0.4) is 0 Å². The lowest BCUT2D eigenvalue weighted by atomic mass is 9.77. The number of urea groups is 1. The van der Waals surface area contributed by atoms with Gasteiger partial charge in [-0.15, -0.1) is 0 Å². The molecule has 102 valence electrons. The summed E-state index contributed by atoms with van der Waals surface area (Å²) >= 11 is 0. The number of aliphatic carboxylic acids is 1. The molecule has 3 amide bonds. The fraction of sp³-hybridized carbons (Fsp3) is 0.700. The van der Waals surface area contributed by atoms with Crippen LogP contribution in [-0.2, 0) is 14.3 Å². The number of rotatable bonds is 7. The van der Waals surface area contributed by atoms with Crippen LogP contribution in [0.5, 0.6) is 0 Å². The standard InChI is InChI=1S/C10H17N3O5/c11-7(14)6-18-5-4-12-9(17)13-10(8(15)16)2-1-3-10/h1-6H2,(H2,11,14)(H,15,16)(H2,12,13,17). The lowest BCUT2D eigenvalue weighted by Crippen LogP contribution is -2.61. The van der Waals surface area contributed by atoms with E-state index in [1.54, 1.807) is 0 Å². The van der Waals surface area contributed by atoms with Crippen molar-refractivity contribution in [2.75, 3.05) is 19.8 Å². The number of carbonyl (C=O) groups excluding carboxylic acids is 2. The minimum Gasteiger partial charge on any atom is -0.480 e. The van der Waals surface area contributed by atoms with Crippen LogP contribution in [0, 0.1) is 0 Å². The van der Waals surface area contributed by atoms with Crippen LogP contribution in [-0.4, -0.2) is 48.3 Å². The van der Waals surface area contributed by atoms with Gasteiger partial charge in [0, 0.05) is 6.54 Å². The summed E-state index contributed by atoms with van der Waals surface area (Å²) in [5, 5.41) is 13.9. The number of nitrogens with two attached hydrogens (primary N) is 1. The zero-order valence-electron chi connectivity index (χ0n) is 9.90. The summed E-state index contributed by atoms with van der Waals surface area (Å²) in [4.78, 5) is 32.7. The zero-order valence-corrected chi connectivity index (χ0v) is 9.90. The first kappa shape index (κ1) is 14.2. The third-order valence-corrected chi connectivity index (χ3v) is 2.75. The predicted molar refractivity (Wildman–Crippen MR) is 60.8 cm³/mol. The molecule has 8 nitrogen and oxygen atoms in total. The van der Waals surface area contributed by atoms with Gasteiger partial charge in [0.25, 0.3) is 0 Å². The van der Waals surface area contributed by atoms with E-state index >= 15 is 0 Å². The summed E-state index contributed by atoms with van der Waals surface area (Å²) in [5.74, 6) is -1.60. The van der Waals surface area contributed by atoms with Gasteiger partial charge in [-0.25, -0.2) is 9.59 Å². The van der Waals surface area contributed by atoms with E-state index < -0.39 is 23.4 Å². The highest BCUT2D eigenvalue weighted by molar-refractivity contribution is 5.87. The molecule has 1 fully saturated rings. The minimum absolute atomic E-state index is 0.135. The topological polar surface area (TPSA) is 131 Å². The fourth-order valence-electron chi connectivity index (χ4n) is 1.59. The number of amides is 3. The molecule has 0 atom stereocenters. The van der Waals surface area contributed by atoms with Gasteiger partial charge in [0.05, 0.1) is 6.61 Å². The van der Waals surface area contributed by atoms with Crippen molar-refractivity contribution in [2.45, 2.75) is 24.8 Å². The molecule has 1 aliphatic rings. The Morgan fingerprint density at radius 2 is 2.00 bits per heavy atom. The number of primary amides is 1. The highest BCUT2D eigenvalue weighted by Crippen LogP contribution is 2.31. The van der Waals surface area contributed by atoms with Crippen molar-refractivity contribution >= 4 is 17.9 Å². The van der Waals surface area contributed by atoms with Crippen LogP contribution in [0.2, 0.25) is 0 Å². The number of carboxylic acid groups (broad SMARTS) is 1. The highest BCUT2D eigenvalue weighted by atomic mass is 16.5. The molecule has 0 heterocycles. The van der Waals surface area contributed by atoms with Crippen LogP contribution >= 0.6 is 0 Å². The van der Waals surface area contributed by atoms with Gasteiger partial charge in [-0.2, -0.15) is 0 Å². The molecular formula is C10H17N3O5. The molecule has 18 heavy (non-hydrogen) atoms. The van der Waals surface area contributed by atoms with E-state index in [4.69, 9.17) is 15.6 Å². The molecule has 0 aromatic rings. The second-order valence-corrected chi connectivity index (χ2v) is 4.14. The van der Waals surface area contributed by atoms with Gasteiger partial charge in [0.15, 0.2) is 0 Å². The number of nitrogens with one attached hydrogen (secondary N) is 2. The maximum atomic E-state index is 11.4. The molecule has 0 spiro atoms. The minimum atomic E-state index is -1.13. The van der Waals surface area contributed by atoms with Crippen molar-refractivity contribution in [3.8, 4) is 0 Å². The van der Waals surface area contributed by atoms with Gasteiger partial charge in [0.1, 0.15) is 12.1 Å². The van der Waals surface area contributed by atoms with Crippen molar-refractivity contribution < 1.29 is 24.2 Å². The van der Waals surface area contributed by atoms with Crippen molar-refractivity contribution in [1.82, 2.24) is 10.6 Å². The molecule has 0 saturated heterocycles. The third-order valence-electron chi connectivity index (χ3n) is 2.75. The highest BCUT2D eigenvalue weighted by Gasteiger charge is 2.45. The fourth-order valence-corrected chi connectivity index (χ4v) is 1.59. The molecule has 1 saturated carbocycles. The molecule has 0 unspecified atom stereocenters. The van der Waals surface area contributed by atoms with Crippen LogP contribution in [0.15, 0.2) is 0 Å². The van der Waals surface area contributed by atoms with E-state index in [2.05, 4.69) is 10.6 Å². The summed E-state index contributed by atoms with van der Waals surface area (Å²) in [6.07, 6.45) is 1.66. The summed E-state index contributed by atoms with van der Waals surface area (Å²) in [6, 6.07) is -0.556. The van der Waals surface area contributed by atoms with E-state index in [1.807, 2.05) is 0 Å².